The minimum atomic E-state index is -0.0855. The van der Waals surface area contributed by atoms with Gasteiger partial charge in [-0.3, -0.25) is 14.5 Å². The van der Waals surface area contributed by atoms with Crippen molar-refractivity contribution < 1.29 is 9.59 Å². The topological polar surface area (TPSA) is 40.6 Å². The number of halogens is 1. The molecule has 0 aliphatic carbocycles. The highest BCUT2D eigenvalue weighted by atomic mass is 35.5. The van der Waals surface area contributed by atoms with Gasteiger partial charge >= 0.3 is 0 Å². The molecule has 1 saturated heterocycles. The lowest BCUT2D eigenvalue weighted by Crippen LogP contribution is -2.49. The van der Waals surface area contributed by atoms with Crippen molar-refractivity contribution in [3.63, 3.8) is 0 Å². The van der Waals surface area contributed by atoms with Crippen LogP contribution in [0.25, 0.3) is 0 Å². The van der Waals surface area contributed by atoms with Gasteiger partial charge in [-0.15, -0.1) is 0 Å². The highest BCUT2D eigenvalue weighted by molar-refractivity contribution is 6.34. The number of likely N-dealkylation sites (N-methyl/N-ethyl adjacent to an activating group) is 1. The Morgan fingerprint density at radius 2 is 1.69 bits per heavy atom. The Hall–Kier alpha value is -2.17. The molecule has 1 amide bonds. The maximum absolute atomic E-state index is 12.6. The van der Waals surface area contributed by atoms with Gasteiger partial charge in [-0.05, 0) is 24.7 Å². The van der Waals surface area contributed by atoms with E-state index >= 15 is 0 Å². The molecule has 1 unspecified atom stereocenters. The second-order valence-electron chi connectivity index (χ2n) is 6.65. The normalized spacial score (nSPS) is 17.9. The van der Waals surface area contributed by atoms with Gasteiger partial charge in [0.25, 0.3) is 0 Å². The second kappa shape index (κ2) is 8.47. The van der Waals surface area contributed by atoms with E-state index in [4.69, 9.17) is 11.6 Å². The van der Waals surface area contributed by atoms with Crippen molar-refractivity contribution in [2.45, 2.75) is 18.9 Å². The van der Waals surface area contributed by atoms with Crippen LogP contribution in [0.2, 0.25) is 5.02 Å². The van der Waals surface area contributed by atoms with Gasteiger partial charge in [-0.1, -0.05) is 54.1 Å². The maximum atomic E-state index is 12.6. The van der Waals surface area contributed by atoms with Crippen LogP contribution in [-0.2, 0) is 4.79 Å². The van der Waals surface area contributed by atoms with Crippen LogP contribution in [0.5, 0.6) is 0 Å². The lowest BCUT2D eigenvalue weighted by Gasteiger charge is -2.39. The van der Waals surface area contributed by atoms with E-state index in [0.29, 0.717) is 23.7 Å². The third-order valence-electron chi connectivity index (χ3n) is 4.93. The molecule has 1 aliphatic rings. The first kappa shape index (κ1) is 18.6. The average Bonchev–Trinajstić information content (AvgIpc) is 2.67. The van der Waals surface area contributed by atoms with Gasteiger partial charge in [-0.25, -0.2) is 0 Å². The number of ketones is 1. The number of hydrogen-bond donors (Lipinski definition) is 0. The fraction of sp³-hybridized carbons (Fsp3) is 0.333. The molecule has 0 N–H and O–H groups in total. The molecule has 26 heavy (non-hydrogen) atoms. The molecule has 0 radical (unpaired) electrons. The average molecular weight is 371 g/mol. The molecule has 1 fully saturated rings. The molecular weight excluding hydrogens is 348 g/mol. The first-order valence-electron chi connectivity index (χ1n) is 8.87. The van der Waals surface area contributed by atoms with Crippen molar-refractivity contribution in [1.29, 1.82) is 0 Å². The molecular formula is C21H23ClN2O2. The molecule has 1 heterocycles. The molecule has 0 aromatic heterocycles. The summed E-state index contributed by atoms with van der Waals surface area (Å²) in [6.07, 6.45) is 0.403. The minimum Gasteiger partial charge on any atom is -0.339 e. The number of rotatable bonds is 5. The Morgan fingerprint density at radius 3 is 2.42 bits per heavy atom. The van der Waals surface area contributed by atoms with Crippen LogP contribution in [0, 0.1) is 0 Å². The minimum absolute atomic E-state index is 0.0273. The van der Waals surface area contributed by atoms with E-state index in [1.54, 1.807) is 24.3 Å². The number of Topliss-reactive ketones (excluding diaryl/α,β-unsaturated/α-hetero) is 1. The number of amides is 1. The van der Waals surface area contributed by atoms with Crippen molar-refractivity contribution in [2.75, 3.05) is 26.7 Å². The molecule has 4 nitrogen and oxygen atoms in total. The number of carbonyl (C=O) groups excluding carboxylic acids is 2. The molecule has 0 saturated carbocycles. The Bertz CT molecular complexity index is 779. The van der Waals surface area contributed by atoms with E-state index in [0.717, 1.165) is 6.54 Å². The zero-order valence-corrected chi connectivity index (χ0v) is 15.7. The van der Waals surface area contributed by atoms with Crippen molar-refractivity contribution in [3.05, 3.63) is 70.7 Å². The number of nitrogens with zero attached hydrogens (tertiary/aromatic N) is 2. The maximum Gasteiger partial charge on any atom is 0.223 e. The third kappa shape index (κ3) is 4.32. The SMILES string of the molecule is CN1CCN(C(=O)CCC(=O)c2ccccc2Cl)CC1c1ccccc1. The zero-order valence-electron chi connectivity index (χ0n) is 14.9. The van der Waals surface area contributed by atoms with Gasteiger partial charge < -0.3 is 4.90 Å². The number of carbonyl (C=O) groups is 2. The van der Waals surface area contributed by atoms with Gasteiger partial charge in [0.15, 0.2) is 5.78 Å². The van der Waals surface area contributed by atoms with Gasteiger partial charge in [0, 0.05) is 38.0 Å². The van der Waals surface area contributed by atoms with E-state index in [9.17, 15) is 9.59 Å². The monoisotopic (exact) mass is 370 g/mol. The zero-order chi connectivity index (χ0) is 18.5. The number of piperazine rings is 1. The van der Waals surface area contributed by atoms with Gasteiger partial charge in [0.2, 0.25) is 5.91 Å². The first-order valence-corrected chi connectivity index (χ1v) is 9.24. The summed E-state index contributed by atoms with van der Waals surface area (Å²) in [7, 11) is 2.08. The lowest BCUT2D eigenvalue weighted by molar-refractivity contribution is -0.134. The Balaban J connectivity index is 1.59. The van der Waals surface area contributed by atoms with Gasteiger partial charge in [0.1, 0.15) is 0 Å². The summed E-state index contributed by atoms with van der Waals surface area (Å²) in [6, 6.07) is 17.4. The van der Waals surface area contributed by atoms with Crippen molar-refractivity contribution >= 4 is 23.3 Å². The predicted octanol–water partition coefficient (Wildman–Crippen LogP) is 3.82. The van der Waals surface area contributed by atoms with Crippen molar-refractivity contribution in [3.8, 4) is 0 Å². The highest BCUT2D eigenvalue weighted by Crippen LogP contribution is 2.24. The standard InChI is InChI=1S/C21H23ClN2O2/c1-23-13-14-24(15-19(23)16-7-3-2-4-8-16)21(26)12-11-20(25)17-9-5-6-10-18(17)22/h2-10,19H,11-15H2,1H3. The summed E-state index contributed by atoms with van der Waals surface area (Å²) < 4.78 is 0. The summed E-state index contributed by atoms with van der Waals surface area (Å²) in [4.78, 5) is 29.1. The third-order valence-corrected chi connectivity index (χ3v) is 5.25. The van der Waals surface area contributed by atoms with Gasteiger partial charge in [0.05, 0.1) is 11.1 Å². The molecule has 5 heteroatoms. The molecule has 1 atom stereocenters. The van der Waals surface area contributed by atoms with E-state index < -0.39 is 0 Å². The van der Waals surface area contributed by atoms with E-state index in [1.165, 1.54) is 5.56 Å². The van der Waals surface area contributed by atoms with E-state index in [-0.39, 0.29) is 30.6 Å². The molecule has 136 valence electrons. The van der Waals surface area contributed by atoms with Crippen LogP contribution >= 0.6 is 11.6 Å². The number of hydrogen-bond acceptors (Lipinski definition) is 3. The quantitative estimate of drug-likeness (QED) is 0.751. The summed E-state index contributed by atoms with van der Waals surface area (Å²) in [5.41, 5.74) is 1.70. The van der Waals surface area contributed by atoms with Crippen LogP contribution in [0.15, 0.2) is 54.6 Å². The van der Waals surface area contributed by atoms with E-state index in [1.807, 2.05) is 23.1 Å². The largest absolute Gasteiger partial charge is 0.339 e. The Kier molecular flexibility index (Phi) is 6.07. The van der Waals surface area contributed by atoms with Crippen LogP contribution in [0.3, 0.4) is 0 Å². The first-order chi connectivity index (χ1) is 12.6. The van der Waals surface area contributed by atoms with Crippen LogP contribution in [0.4, 0.5) is 0 Å². The molecule has 0 spiro atoms. The summed E-state index contributed by atoms with van der Waals surface area (Å²) in [5.74, 6) is -0.0582. The summed E-state index contributed by atoms with van der Waals surface area (Å²) >= 11 is 6.06. The Morgan fingerprint density at radius 1 is 1.00 bits per heavy atom. The molecule has 1 aliphatic heterocycles. The van der Waals surface area contributed by atoms with Crippen molar-refractivity contribution in [1.82, 2.24) is 9.80 Å². The predicted molar refractivity (Wildman–Crippen MR) is 103 cm³/mol. The fourth-order valence-electron chi connectivity index (χ4n) is 3.34. The van der Waals surface area contributed by atoms with Crippen LogP contribution < -0.4 is 0 Å². The lowest BCUT2D eigenvalue weighted by atomic mass is 10.0. The van der Waals surface area contributed by atoms with Crippen LogP contribution in [-0.4, -0.2) is 48.2 Å². The second-order valence-corrected chi connectivity index (χ2v) is 7.06. The van der Waals surface area contributed by atoms with Gasteiger partial charge in [-0.2, -0.15) is 0 Å². The number of benzene rings is 2. The molecule has 2 aromatic rings. The van der Waals surface area contributed by atoms with E-state index in [2.05, 4.69) is 24.1 Å². The smallest absolute Gasteiger partial charge is 0.223 e. The van der Waals surface area contributed by atoms with Crippen LogP contribution in [0.1, 0.15) is 34.8 Å². The highest BCUT2D eigenvalue weighted by Gasteiger charge is 2.28. The summed E-state index contributed by atoms with van der Waals surface area (Å²) in [5, 5.41) is 0.439. The van der Waals surface area contributed by atoms with Crippen molar-refractivity contribution in [2.24, 2.45) is 0 Å². The fourth-order valence-corrected chi connectivity index (χ4v) is 3.58. The molecule has 0 bridgehead atoms. The Labute approximate surface area is 159 Å². The molecule has 3 rings (SSSR count). The molecule has 2 aromatic carbocycles. The summed E-state index contributed by atoms with van der Waals surface area (Å²) in [6.45, 7) is 2.17.